The summed E-state index contributed by atoms with van der Waals surface area (Å²) in [7, 11) is 0. The summed E-state index contributed by atoms with van der Waals surface area (Å²) in [6.07, 6.45) is 2.75. The molecule has 0 aliphatic carbocycles. The second-order valence-electron chi connectivity index (χ2n) is 2.58. The molecule has 0 unspecified atom stereocenters. The van der Waals surface area contributed by atoms with E-state index in [0.29, 0.717) is 0 Å². The first-order chi connectivity index (χ1) is 5.38. The summed E-state index contributed by atoms with van der Waals surface area (Å²) in [6, 6.07) is 0. The molecule has 3 nitrogen and oxygen atoms in total. The Kier molecular flexibility index (Phi) is 3.11. The summed E-state index contributed by atoms with van der Waals surface area (Å²) >= 11 is 0. The van der Waals surface area contributed by atoms with E-state index in [1.165, 1.54) is 5.84 Å². The van der Waals surface area contributed by atoms with Gasteiger partial charge in [-0.25, -0.2) is 0 Å². The van der Waals surface area contributed by atoms with Gasteiger partial charge in [0.05, 0.1) is 13.0 Å². The van der Waals surface area contributed by atoms with Gasteiger partial charge in [-0.3, -0.25) is 9.89 Å². The minimum absolute atomic E-state index is 0.225. The van der Waals surface area contributed by atoms with Crippen molar-refractivity contribution < 1.29 is 9.68 Å². The van der Waals surface area contributed by atoms with E-state index in [-0.39, 0.29) is 6.61 Å². The molecule has 0 aromatic heterocycles. The Hall–Kier alpha value is -0.830. The lowest BCUT2D eigenvalue weighted by molar-refractivity contribution is -0.521. The zero-order valence-corrected chi connectivity index (χ0v) is 6.71. The van der Waals surface area contributed by atoms with Crippen LogP contribution in [0.3, 0.4) is 0 Å². The predicted octanol–water partition coefficient (Wildman–Crippen LogP) is -0.431. The Labute approximate surface area is 67.0 Å². The first-order valence-corrected chi connectivity index (χ1v) is 3.95. The monoisotopic (exact) mass is 155 g/mol. The highest BCUT2D eigenvalue weighted by Crippen LogP contribution is 1.92. The number of amidine groups is 1. The Balaban J connectivity index is 2.53. The second kappa shape index (κ2) is 4.13. The Morgan fingerprint density at radius 1 is 1.73 bits per heavy atom. The first-order valence-electron chi connectivity index (χ1n) is 3.95. The number of aliphatic hydroxyl groups is 1. The van der Waals surface area contributed by atoms with E-state index < -0.39 is 0 Å². The van der Waals surface area contributed by atoms with Gasteiger partial charge in [0.15, 0.2) is 0 Å². The van der Waals surface area contributed by atoms with Crippen LogP contribution >= 0.6 is 0 Å². The lowest BCUT2D eigenvalue weighted by atomic mass is 10.4. The van der Waals surface area contributed by atoms with Crippen molar-refractivity contribution in [3.8, 4) is 0 Å². The van der Waals surface area contributed by atoms with Gasteiger partial charge in [0.2, 0.25) is 5.84 Å². The van der Waals surface area contributed by atoms with Gasteiger partial charge in [-0.2, -0.15) is 0 Å². The fourth-order valence-corrected chi connectivity index (χ4v) is 1.29. The average molecular weight is 155 g/mol. The third kappa shape index (κ3) is 2.05. The smallest absolute Gasteiger partial charge is 0.248 e. The minimum Gasteiger partial charge on any atom is -0.392 e. The van der Waals surface area contributed by atoms with Gasteiger partial charge >= 0.3 is 0 Å². The number of nitrogens with zero attached hydrogens (tertiary/aromatic N) is 1. The van der Waals surface area contributed by atoms with Gasteiger partial charge < -0.3 is 5.11 Å². The molecule has 0 spiro atoms. The van der Waals surface area contributed by atoms with E-state index in [4.69, 9.17) is 5.11 Å². The van der Waals surface area contributed by atoms with Crippen LogP contribution in [0.25, 0.3) is 0 Å². The topological polar surface area (TPSA) is 35.3 Å². The van der Waals surface area contributed by atoms with E-state index in [0.717, 1.165) is 26.1 Å². The number of rotatable bonds is 4. The summed E-state index contributed by atoms with van der Waals surface area (Å²) in [4.78, 5) is 0. The van der Waals surface area contributed by atoms with E-state index in [1.807, 2.05) is 6.08 Å². The second-order valence-corrected chi connectivity index (χ2v) is 2.58. The number of hydrogen-bond acceptors (Lipinski definition) is 2. The van der Waals surface area contributed by atoms with Crippen LogP contribution < -0.4 is 5.32 Å². The molecule has 0 radical (unpaired) electrons. The van der Waals surface area contributed by atoms with Crippen LogP contribution in [0.2, 0.25) is 0 Å². The molecule has 11 heavy (non-hydrogen) atoms. The molecule has 3 heteroatoms. The van der Waals surface area contributed by atoms with Gasteiger partial charge in [-0.15, -0.1) is 6.58 Å². The normalized spacial score (nSPS) is 16.8. The Morgan fingerprint density at radius 3 is 3.18 bits per heavy atom. The summed E-state index contributed by atoms with van der Waals surface area (Å²) in [5.41, 5.74) is 0. The summed E-state index contributed by atoms with van der Waals surface area (Å²) in [5, 5.41) is 12.0. The molecule has 0 saturated heterocycles. The first kappa shape index (κ1) is 8.27. The quantitative estimate of drug-likeness (QED) is 0.427. The standard InChI is InChI=1S/C8H14N2O/c1-2-3-8-9-4-5-10(8)6-7-11/h2,11H,1,3-7H2/p+1. The number of nitrogens with one attached hydrogen (secondary N) is 1. The van der Waals surface area contributed by atoms with Crippen molar-refractivity contribution in [2.24, 2.45) is 0 Å². The van der Waals surface area contributed by atoms with Crippen molar-refractivity contribution in [2.45, 2.75) is 6.42 Å². The predicted molar refractivity (Wildman–Crippen MR) is 44.9 cm³/mol. The highest BCUT2D eigenvalue weighted by molar-refractivity contribution is 5.79. The molecular weight excluding hydrogens is 140 g/mol. The average Bonchev–Trinajstić information content (AvgIpc) is 2.39. The Bertz CT molecular complexity index is 175. The lowest BCUT2D eigenvalue weighted by Gasteiger charge is -1.98. The van der Waals surface area contributed by atoms with Gasteiger partial charge in [-0.05, 0) is 0 Å². The van der Waals surface area contributed by atoms with Crippen molar-refractivity contribution in [1.82, 2.24) is 5.32 Å². The molecule has 1 heterocycles. The number of β-amino-alcohol motifs (C(OH)–C–C–N with tert-alkyl or cyclic N) is 1. The molecule has 0 aromatic rings. The summed E-state index contributed by atoms with van der Waals surface area (Å²) in [6.45, 7) is 6.62. The highest BCUT2D eigenvalue weighted by atomic mass is 16.3. The molecule has 0 saturated carbocycles. The van der Waals surface area contributed by atoms with Gasteiger partial charge in [0.1, 0.15) is 19.6 Å². The van der Waals surface area contributed by atoms with Crippen LogP contribution in [-0.2, 0) is 0 Å². The zero-order chi connectivity index (χ0) is 8.10. The molecule has 62 valence electrons. The van der Waals surface area contributed by atoms with Crippen molar-refractivity contribution in [2.75, 3.05) is 26.2 Å². The molecule has 0 fully saturated rings. The summed E-state index contributed by atoms with van der Waals surface area (Å²) in [5.74, 6) is 1.19. The summed E-state index contributed by atoms with van der Waals surface area (Å²) < 4.78 is 2.15. The number of aliphatic hydroxyl groups excluding tert-OH is 1. The molecule has 1 aliphatic heterocycles. The third-order valence-corrected chi connectivity index (χ3v) is 1.80. The number of hydrogen-bond donors (Lipinski definition) is 2. The Morgan fingerprint density at radius 2 is 2.55 bits per heavy atom. The largest absolute Gasteiger partial charge is 0.392 e. The fraction of sp³-hybridized carbons (Fsp3) is 0.625. The maximum absolute atomic E-state index is 8.70. The molecule has 1 aliphatic rings. The molecule has 0 amide bonds. The third-order valence-electron chi connectivity index (χ3n) is 1.80. The lowest BCUT2D eigenvalue weighted by Crippen LogP contribution is -2.23. The minimum atomic E-state index is 0.225. The van der Waals surface area contributed by atoms with E-state index in [9.17, 15) is 0 Å². The molecular formula is C8H15N2O+. The zero-order valence-electron chi connectivity index (χ0n) is 6.71. The fourth-order valence-electron chi connectivity index (χ4n) is 1.29. The SMILES string of the molecule is C=CCC1=[N+](CCO)CCN1. The molecule has 1 rings (SSSR count). The van der Waals surface area contributed by atoms with Gasteiger partial charge in [0, 0.05) is 0 Å². The van der Waals surface area contributed by atoms with Crippen LogP contribution in [0.15, 0.2) is 12.7 Å². The maximum Gasteiger partial charge on any atom is 0.248 e. The van der Waals surface area contributed by atoms with E-state index >= 15 is 0 Å². The van der Waals surface area contributed by atoms with Crippen LogP contribution in [0.1, 0.15) is 6.42 Å². The highest BCUT2D eigenvalue weighted by Gasteiger charge is 2.17. The van der Waals surface area contributed by atoms with Crippen LogP contribution in [0.4, 0.5) is 0 Å². The van der Waals surface area contributed by atoms with Gasteiger partial charge in [-0.1, -0.05) is 6.08 Å². The van der Waals surface area contributed by atoms with Crippen molar-refractivity contribution >= 4 is 5.84 Å². The molecule has 0 atom stereocenters. The van der Waals surface area contributed by atoms with E-state index in [1.54, 1.807) is 0 Å². The molecule has 0 bridgehead atoms. The van der Waals surface area contributed by atoms with Crippen LogP contribution in [-0.4, -0.2) is 41.8 Å². The van der Waals surface area contributed by atoms with Gasteiger partial charge in [0.25, 0.3) is 0 Å². The van der Waals surface area contributed by atoms with Crippen molar-refractivity contribution in [1.29, 1.82) is 0 Å². The van der Waals surface area contributed by atoms with Crippen LogP contribution in [0, 0.1) is 0 Å². The molecule has 2 N–H and O–H groups in total. The van der Waals surface area contributed by atoms with Crippen LogP contribution in [0.5, 0.6) is 0 Å². The van der Waals surface area contributed by atoms with Crippen molar-refractivity contribution in [3.05, 3.63) is 12.7 Å². The van der Waals surface area contributed by atoms with E-state index in [2.05, 4.69) is 16.5 Å². The maximum atomic E-state index is 8.70. The molecule has 0 aromatic carbocycles. The van der Waals surface area contributed by atoms with Crippen molar-refractivity contribution in [3.63, 3.8) is 0 Å².